The number of aromatic amines is 1. The SMILES string of the molecule is CN1C2CCC1CC(Oc1ccc(-c3n[nH]c4ccc(C(=O)NCC5(c6ccccn6)CC5)cc34)cc1)C2. The molecule has 1 saturated carbocycles. The summed E-state index contributed by atoms with van der Waals surface area (Å²) in [6.45, 7) is 0.597. The lowest BCUT2D eigenvalue weighted by molar-refractivity contribution is 0.0662. The first-order chi connectivity index (χ1) is 18.6. The number of fused-ring (bicyclic) bond motifs is 3. The molecule has 1 aliphatic carbocycles. The molecule has 2 aromatic carbocycles. The summed E-state index contributed by atoms with van der Waals surface area (Å²) in [5.74, 6) is 0.835. The number of nitrogens with zero attached hydrogens (tertiary/aromatic N) is 3. The van der Waals surface area contributed by atoms with Crippen LogP contribution in [0, 0.1) is 0 Å². The minimum atomic E-state index is -0.0721. The number of carbonyl (C=O) groups excluding carboxylic acids is 1. The molecule has 194 valence electrons. The quantitative estimate of drug-likeness (QED) is 0.364. The number of piperidine rings is 1. The van der Waals surface area contributed by atoms with Gasteiger partial charge < -0.3 is 15.0 Å². The van der Waals surface area contributed by atoms with Gasteiger partial charge in [0.05, 0.1) is 11.2 Å². The fraction of sp³-hybridized carbons (Fsp3) is 0.387. The first kappa shape index (κ1) is 23.4. The van der Waals surface area contributed by atoms with Crippen LogP contribution >= 0.6 is 0 Å². The zero-order chi connectivity index (χ0) is 25.7. The molecule has 2 atom stereocenters. The second-order valence-electron chi connectivity index (χ2n) is 11.3. The minimum absolute atomic E-state index is 0.0290. The van der Waals surface area contributed by atoms with Gasteiger partial charge in [0.15, 0.2) is 0 Å². The number of carbonyl (C=O) groups is 1. The van der Waals surface area contributed by atoms with E-state index in [1.807, 2.05) is 48.7 Å². The number of amides is 1. The summed E-state index contributed by atoms with van der Waals surface area (Å²) in [6, 6.07) is 21.2. The number of pyridine rings is 1. The van der Waals surface area contributed by atoms with Gasteiger partial charge in [0.25, 0.3) is 5.91 Å². The van der Waals surface area contributed by atoms with Gasteiger partial charge >= 0.3 is 0 Å². The van der Waals surface area contributed by atoms with E-state index in [0.717, 1.165) is 59.3 Å². The third-order valence-corrected chi connectivity index (χ3v) is 8.96. The second-order valence-corrected chi connectivity index (χ2v) is 11.3. The van der Waals surface area contributed by atoms with E-state index in [1.54, 1.807) is 0 Å². The molecule has 3 fully saturated rings. The van der Waals surface area contributed by atoms with Gasteiger partial charge in [-0.05, 0) is 100 Å². The van der Waals surface area contributed by atoms with Crippen LogP contribution in [0.4, 0.5) is 0 Å². The van der Waals surface area contributed by atoms with E-state index in [0.29, 0.717) is 24.2 Å². The van der Waals surface area contributed by atoms with Gasteiger partial charge in [-0.1, -0.05) is 6.07 Å². The van der Waals surface area contributed by atoms with E-state index in [-0.39, 0.29) is 17.4 Å². The Morgan fingerprint density at radius 3 is 2.58 bits per heavy atom. The van der Waals surface area contributed by atoms with E-state index in [4.69, 9.17) is 4.74 Å². The molecule has 0 radical (unpaired) electrons. The standard InChI is InChI=1S/C31H33N5O2/c1-36-22-8-9-23(36)18-25(17-22)38-24-10-5-20(6-11-24)29-26-16-21(7-12-27(26)34-35-29)30(37)33-19-31(13-14-31)28-4-2-3-15-32-28/h2-7,10-12,15-16,22-23,25H,8-9,13-14,17-19H2,1H3,(H,33,37)(H,34,35). The van der Waals surface area contributed by atoms with Crippen molar-refractivity contribution in [3.05, 3.63) is 78.1 Å². The summed E-state index contributed by atoms with van der Waals surface area (Å²) >= 11 is 0. The number of benzene rings is 2. The van der Waals surface area contributed by atoms with Crippen LogP contribution in [0.5, 0.6) is 5.75 Å². The van der Waals surface area contributed by atoms with E-state index >= 15 is 0 Å². The summed E-state index contributed by atoms with van der Waals surface area (Å²) in [4.78, 5) is 20.1. The number of H-pyrrole nitrogens is 1. The normalized spacial score (nSPS) is 23.9. The molecule has 0 spiro atoms. The lowest BCUT2D eigenvalue weighted by Gasteiger charge is -2.36. The molecule has 2 saturated heterocycles. The number of ether oxygens (including phenoxy) is 1. The Kier molecular flexibility index (Phi) is 5.69. The third-order valence-electron chi connectivity index (χ3n) is 8.96. The first-order valence-corrected chi connectivity index (χ1v) is 13.7. The fourth-order valence-electron chi connectivity index (χ4n) is 6.42. The highest BCUT2D eigenvalue weighted by atomic mass is 16.5. The summed E-state index contributed by atoms with van der Waals surface area (Å²) in [7, 11) is 2.25. The van der Waals surface area contributed by atoms with Crippen LogP contribution in [0.1, 0.15) is 54.6 Å². The monoisotopic (exact) mass is 507 g/mol. The maximum Gasteiger partial charge on any atom is 0.251 e. The highest BCUT2D eigenvalue weighted by Crippen LogP contribution is 2.46. The van der Waals surface area contributed by atoms with Crippen molar-refractivity contribution in [1.29, 1.82) is 0 Å². The third kappa shape index (κ3) is 4.25. The van der Waals surface area contributed by atoms with Crippen molar-refractivity contribution in [3.8, 4) is 17.0 Å². The minimum Gasteiger partial charge on any atom is -0.490 e. The first-order valence-electron chi connectivity index (χ1n) is 13.7. The number of aromatic nitrogens is 3. The Labute approximate surface area is 222 Å². The molecule has 2 aliphatic heterocycles. The molecule has 38 heavy (non-hydrogen) atoms. The maximum absolute atomic E-state index is 13.1. The molecule has 7 heteroatoms. The molecule has 2 unspecified atom stereocenters. The predicted molar refractivity (Wildman–Crippen MR) is 147 cm³/mol. The van der Waals surface area contributed by atoms with Crippen molar-refractivity contribution >= 4 is 16.8 Å². The van der Waals surface area contributed by atoms with Crippen molar-refractivity contribution in [1.82, 2.24) is 25.4 Å². The van der Waals surface area contributed by atoms with Crippen molar-refractivity contribution in [2.75, 3.05) is 13.6 Å². The Morgan fingerprint density at radius 1 is 1.08 bits per heavy atom. The fourth-order valence-corrected chi connectivity index (χ4v) is 6.42. The average molecular weight is 508 g/mol. The molecule has 2 N–H and O–H groups in total. The van der Waals surface area contributed by atoms with Crippen LogP contribution in [0.3, 0.4) is 0 Å². The number of hydrogen-bond donors (Lipinski definition) is 2. The van der Waals surface area contributed by atoms with Gasteiger partial charge in [-0.2, -0.15) is 5.10 Å². The largest absolute Gasteiger partial charge is 0.490 e. The molecular formula is C31H33N5O2. The molecule has 4 aromatic rings. The summed E-state index contributed by atoms with van der Waals surface area (Å²) < 4.78 is 6.37. The van der Waals surface area contributed by atoms with E-state index in [9.17, 15) is 4.79 Å². The Morgan fingerprint density at radius 2 is 1.87 bits per heavy atom. The number of rotatable bonds is 7. The molecule has 4 heterocycles. The Bertz CT molecular complexity index is 1450. The number of hydrogen-bond acceptors (Lipinski definition) is 5. The maximum atomic E-state index is 13.1. The van der Waals surface area contributed by atoms with Crippen LogP contribution in [-0.2, 0) is 5.41 Å². The molecule has 7 nitrogen and oxygen atoms in total. The van der Waals surface area contributed by atoms with Crippen molar-refractivity contribution in [2.24, 2.45) is 0 Å². The zero-order valence-corrected chi connectivity index (χ0v) is 21.7. The highest BCUT2D eigenvalue weighted by molar-refractivity contribution is 6.01. The highest BCUT2D eigenvalue weighted by Gasteiger charge is 2.45. The molecule has 3 aliphatic rings. The van der Waals surface area contributed by atoms with Gasteiger partial charge in [-0.3, -0.25) is 14.9 Å². The molecule has 1 amide bonds. The molecule has 2 bridgehead atoms. The molecule has 7 rings (SSSR count). The molecular weight excluding hydrogens is 474 g/mol. The van der Waals surface area contributed by atoms with Gasteiger partial charge in [-0.15, -0.1) is 0 Å². The van der Waals surface area contributed by atoms with Crippen molar-refractivity contribution < 1.29 is 9.53 Å². The zero-order valence-electron chi connectivity index (χ0n) is 21.7. The Hall–Kier alpha value is -3.71. The Balaban J connectivity index is 1.05. The van der Waals surface area contributed by atoms with E-state index < -0.39 is 0 Å². The van der Waals surface area contributed by atoms with E-state index in [2.05, 4.69) is 50.6 Å². The van der Waals surface area contributed by atoms with Crippen LogP contribution in [0.2, 0.25) is 0 Å². The smallest absolute Gasteiger partial charge is 0.251 e. The lowest BCUT2D eigenvalue weighted by atomic mass is 10.0. The van der Waals surface area contributed by atoms with Crippen molar-refractivity contribution in [2.45, 2.75) is 62.1 Å². The van der Waals surface area contributed by atoms with Crippen LogP contribution in [0.25, 0.3) is 22.2 Å². The lowest BCUT2D eigenvalue weighted by Crippen LogP contribution is -2.43. The van der Waals surface area contributed by atoms with Gasteiger partial charge in [0.2, 0.25) is 0 Å². The van der Waals surface area contributed by atoms with E-state index in [1.165, 1.54) is 12.8 Å². The van der Waals surface area contributed by atoms with Gasteiger partial charge in [0.1, 0.15) is 11.9 Å². The van der Waals surface area contributed by atoms with Gasteiger partial charge in [0, 0.05) is 52.4 Å². The topological polar surface area (TPSA) is 83.1 Å². The average Bonchev–Trinajstić information content (AvgIpc) is 3.59. The molecule has 2 aromatic heterocycles. The predicted octanol–water partition coefficient (Wildman–Crippen LogP) is 5.09. The van der Waals surface area contributed by atoms with Crippen molar-refractivity contribution in [3.63, 3.8) is 0 Å². The van der Waals surface area contributed by atoms with Crippen LogP contribution in [0.15, 0.2) is 66.9 Å². The summed E-state index contributed by atoms with van der Waals surface area (Å²) in [5.41, 5.74) is 4.41. The summed E-state index contributed by atoms with van der Waals surface area (Å²) in [6.07, 6.45) is 8.99. The van der Waals surface area contributed by atoms with Gasteiger partial charge in [-0.25, -0.2) is 0 Å². The van der Waals surface area contributed by atoms with Crippen LogP contribution < -0.4 is 10.1 Å². The summed E-state index contributed by atoms with van der Waals surface area (Å²) in [5, 5.41) is 11.8. The van der Waals surface area contributed by atoms with Crippen LogP contribution in [-0.4, -0.2) is 57.8 Å². The second kappa shape index (κ2) is 9.24. The number of nitrogens with one attached hydrogen (secondary N) is 2.